The number of sulfonamides is 1. The molecule has 1 aromatic heterocycles. The van der Waals surface area contributed by atoms with Gasteiger partial charge >= 0.3 is 5.69 Å². The summed E-state index contributed by atoms with van der Waals surface area (Å²) < 4.78 is 54.5. The second-order valence-electron chi connectivity index (χ2n) is 5.10. The van der Waals surface area contributed by atoms with Gasteiger partial charge in [0, 0.05) is 25.9 Å². The van der Waals surface area contributed by atoms with Crippen LogP contribution in [0.25, 0.3) is 0 Å². The van der Waals surface area contributed by atoms with Crippen LogP contribution in [0.4, 0.5) is 0 Å². The van der Waals surface area contributed by atoms with E-state index in [0.717, 1.165) is 10.5 Å². The highest BCUT2D eigenvalue weighted by Crippen LogP contribution is 2.23. The third-order valence-electron chi connectivity index (χ3n) is 3.50. The van der Waals surface area contributed by atoms with E-state index in [-0.39, 0.29) is 31.1 Å². The first-order valence-corrected chi connectivity index (χ1v) is 9.97. The van der Waals surface area contributed by atoms with Crippen LogP contribution in [0.2, 0.25) is 0 Å². The monoisotopic (exact) mass is 367 g/mol. The van der Waals surface area contributed by atoms with Crippen molar-refractivity contribution in [3.63, 3.8) is 0 Å². The molecule has 1 unspecified atom stereocenters. The Hall–Kier alpha value is -1.50. The summed E-state index contributed by atoms with van der Waals surface area (Å²) >= 11 is 0. The van der Waals surface area contributed by atoms with Gasteiger partial charge in [0.25, 0.3) is 5.56 Å². The van der Waals surface area contributed by atoms with E-state index in [0.29, 0.717) is 0 Å². The molecule has 10 nitrogen and oxygen atoms in total. The lowest BCUT2D eigenvalue weighted by atomic mass is 10.3. The van der Waals surface area contributed by atoms with Crippen molar-refractivity contribution in [3.05, 3.63) is 27.0 Å². The zero-order chi connectivity index (χ0) is 17.3. The molecule has 1 fully saturated rings. The Morgan fingerprint density at radius 1 is 1.39 bits per heavy atom. The van der Waals surface area contributed by atoms with Gasteiger partial charge in [-0.15, -0.1) is 0 Å². The van der Waals surface area contributed by atoms with Gasteiger partial charge in [0.1, 0.15) is 0 Å². The number of rotatable bonds is 6. The van der Waals surface area contributed by atoms with Crippen LogP contribution in [0.1, 0.15) is 6.42 Å². The number of aromatic amines is 2. The van der Waals surface area contributed by atoms with Crippen molar-refractivity contribution >= 4 is 19.9 Å². The zero-order valence-electron chi connectivity index (χ0n) is 12.3. The number of H-pyrrole nitrogens is 2. The summed E-state index contributed by atoms with van der Waals surface area (Å²) in [7, 11) is -6.22. The van der Waals surface area contributed by atoms with Crippen molar-refractivity contribution < 1.29 is 21.6 Å². The first-order chi connectivity index (χ1) is 10.7. The molecule has 12 heteroatoms. The summed E-state index contributed by atoms with van der Waals surface area (Å²) in [6.45, 7) is -0.0609. The molecule has 1 aromatic rings. The number of hydrogen-bond donors (Lipinski definition) is 2. The van der Waals surface area contributed by atoms with Gasteiger partial charge in [-0.2, -0.15) is 4.31 Å². The fourth-order valence-corrected chi connectivity index (χ4v) is 5.86. The Bertz CT molecular complexity index is 885. The number of sulfone groups is 1. The van der Waals surface area contributed by atoms with Crippen LogP contribution >= 0.6 is 0 Å². The van der Waals surface area contributed by atoms with Gasteiger partial charge in [0.2, 0.25) is 10.0 Å². The number of methoxy groups -OCH3 is 1. The first-order valence-electron chi connectivity index (χ1n) is 6.70. The molecule has 1 atom stereocenters. The molecule has 23 heavy (non-hydrogen) atoms. The molecule has 2 rings (SSSR count). The predicted octanol–water partition coefficient (Wildman–Crippen LogP) is -2.11. The minimum absolute atomic E-state index is 0.0387. The van der Waals surface area contributed by atoms with Crippen LogP contribution in [-0.2, 0) is 24.6 Å². The lowest BCUT2D eigenvalue weighted by Gasteiger charge is -2.26. The van der Waals surface area contributed by atoms with Crippen LogP contribution in [-0.4, -0.2) is 68.9 Å². The fourth-order valence-electron chi connectivity index (χ4n) is 2.40. The molecule has 0 aromatic carbocycles. The van der Waals surface area contributed by atoms with E-state index in [1.54, 1.807) is 0 Å². The van der Waals surface area contributed by atoms with E-state index in [1.807, 2.05) is 4.98 Å². The number of aromatic nitrogens is 2. The molecule has 0 amide bonds. The summed E-state index contributed by atoms with van der Waals surface area (Å²) in [6.07, 6.45) is 0.951. The lowest BCUT2D eigenvalue weighted by Crippen LogP contribution is -2.45. The quantitative estimate of drug-likeness (QED) is 0.585. The van der Waals surface area contributed by atoms with Gasteiger partial charge in [-0.3, -0.25) is 9.78 Å². The predicted molar refractivity (Wildman–Crippen MR) is 80.5 cm³/mol. The van der Waals surface area contributed by atoms with E-state index in [1.165, 1.54) is 7.11 Å². The van der Waals surface area contributed by atoms with Crippen LogP contribution in [0.5, 0.6) is 0 Å². The highest BCUT2D eigenvalue weighted by atomic mass is 32.2. The van der Waals surface area contributed by atoms with Crippen molar-refractivity contribution in [1.29, 1.82) is 0 Å². The van der Waals surface area contributed by atoms with Gasteiger partial charge in [-0.05, 0) is 6.42 Å². The van der Waals surface area contributed by atoms with E-state index >= 15 is 0 Å². The number of nitrogens with one attached hydrogen (secondary N) is 2. The summed E-state index contributed by atoms with van der Waals surface area (Å²) in [4.78, 5) is 26.1. The molecular formula is C11H17N3O7S2. The van der Waals surface area contributed by atoms with Crippen molar-refractivity contribution in [2.75, 3.05) is 31.8 Å². The number of hydrogen-bond acceptors (Lipinski definition) is 7. The largest absolute Gasteiger partial charge is 0.383 e. The standard InChI is InChI=1S/C11H17N3O7S2/c1-21-4-3-14(8-2-5-22(17,18)7-8)23(19,20)9-6-12-11(16)13-10(9)15/h6,8H,2-5,7H2,1H3,(H2,12,13,15,16). The average Bonchev–Trinajstić information content (AvgIpc) is 2.78. The van der Waals surface area contributed by atoms with E-state index < -0.39 is 42.0 Å². The third-order valence-corrected chi connectivity index (χ3v) is 7.21. The molecule has 0 saturated carbocycles. The molecule has 1 aliphatic heterocycles. The van der Waals surface area contributed by atoms with E-state index in [2.05, 4.69) is 4.98 Å². The normalized spacial score (nSPS) is 20.9. The van der Waals surface area contributed by atoms with Gasteiger partial charge in [-0.25, -0.2) is 21.6 Å². The highest BCUT2D eigenvalue weighted by Gasteiger charge is 2.39. The first kappa shape index (κ1) is 17.8. The van der Waals surface area contributed by atoms with Crippen molar-refractivity contribution in [3.8, 4) is 0 Å². The minimum atomic E-state index is -4.28. The molecule has 0 spiro atoms. The number of ether oxygens (including phenoxy) is 1. The van der Waals surface area contributed by atoms with Gasteiger partial charge in [0.05, 0.1) is 18.1 Å². The molecule has 2 heterocycles. The summed E-state index contributed by atoms with van der Waals surface area (Å²) in [5, 5.41) is 0. The van der Waals surface area contributed by atoms with Gasteiger partial charge < -0.3 is 9.72 Å². The van der Waals surface area contributed by atoms with Crippen molar-refractivity contribution in [1.82, 2.24) is 14.3 Å². The van der Waals surface area contributed by atoms with E-state index in [4.69, 9.17) is 4.74 Å². The van der Waals surface area contributed by atoms with Crippen LogP contribution in [0.15, 0.2) is 20.7 Å². The van der Waals surface area contributed by atoms with Crippen molar-refractivity contribution in [2.45, 2.75) is 17.4 Å². The molecule has 0 radical (unpaired) electrons. The maximum Gasteiger partial charge on any atom is 0.325 e. The summed E-state index contributed by atoms with van der Waals surface area (Å²) in [6, 6.07) is -0.772. The Kier molecular flexibility index (Phi) is 5.08. The van der Waals surface area contributed by atoms with E-state index in [9.17, 15) is 26.4 Å². The fraction of sp³-hybridized carbons (Fsp3) is 0.636. The number of nitrogens with zero attached hydrogens (tertiary/aromatic N) is 1. The summed E-state index contributed by atoms with van der Waals surface area (Å²) in [5.74, 6) is -0.421. The van der Waals surface area contributed by atoms with Crippen LogP contribution < -0.4 is 11.2 Å². The molecule has 1 saturated heterocycles. The van der Waals surface area contributed by atoms with Gasteiger partial charge in [-0.1, -0.05) is 0 Å². The average molecular weight is 367 g/mol. The summed E-state index contributed by atoms with van der Waals surface area (Å²) in [5.41, 5.74) is -1.89. The second kappa shape index (κ2) is 6.55. The Balaban J connectivity index is 2.45. The smallest absolute Gasteiger partial charge is 0.325 e. The second-order valence-corrected chi connectivity index (χ2v) is 9.19. The Morgan fingerprint density at radius 2 is 2.09 bits per heavy atom. The highest BCUT2D eigenvalue weighted by molar-refractivity contribution is 7.92. The zero-order valence-corrected chi connectivity index (χ0v) is 13.9. The van der Waals surface area contributed by atoms with Crippen LogP contribution in [0.3, 0.4) is 0 Å². The van der Waals surface area contributed by atoms with Crippen molar-refractivity contribution in [2.24, 2.45) is 0 Å². The topological polar surface area (TPSA) is 146 Å². The third kappa shape index (κ3) is 3.88. The molecule has 0 aliphatic carbocycles. The lowest BCUT2D eigenvalue weighted by molar-refractivity contribution is 0.169. The maximum absolute atomic E-state index is 12.7. The SMILES string of the molecule is COCCN(C1CCS(=O)(=O)C1)S(=O)(=O)c1c[nH]c(=O)[nH]c1=O. The molecule has 130 valence electrons. The maximum atomic E-state index is 12.7. The van der Waals surface area contributed by atoms with Gasteiger partial charge in [0.15, 0.2) is 14.7 Å². The Labute approximate surface area is 132 Å². The molecule has 1 aliphatic rings. The van der Waals surface area contributed by atoms with Crippen LogP contribution in [0, 0.1) is 0 Å². The Morgan fingerprint density at radius 3 is 2.61 bits per heavy atom. The molecule has 2 N–H and O–H groups in total. The minimum Gasteiger partial charge on any atom is -0.383 e. The molecule has 0 bridgehead atoms. The molecular weight excluding hydrogens is 350 g/mol.